The summed E-state index contributed by atoms with van der Waals surface area (Å²) >= 11 is 3.92. The summed E-state index contributed by atoms with van der Waals surface area (Å²) in [5, 5.41) is 0. The highest BCUT2D eigenvalue weighted by atomic mass is 127. The maximum Gasteiger partial charge on any atom is 0.270 e. The molecule has 0 fully saturated rings. The van der Waals surface area contributed by atoms with Gasteiger partial charge in [0, 0.05) is 12.0 Å². The van der Waals surface area contributed by atoms with E-state index in [1.54, 1.807) is 5.56 Å². The van der Waals surface area contributed by atoms with Crippen molar-refractivity contribution in [3.8, 4) is 0 Å². The number of rotatable bonds is 0. The molecule has 4 heteroatoms. The minimum absolute atomic E-state index is 0. The highest BCUT2D eigenvalue weighted by Crippen LogP contribution is 2.31. The van der Waals surface area contributed by atoms with E-state index >= 15 is 0 Å². The van der Waals surface area contributed by atoms with E-state index in [2.05, 4.69) is 35.1 Å². The van der Waals surface area contributed by atoms with Gasteiger partial charge in [0.2, 0.25) is 0 Å². The standard InChI is InChI=1S/C12H14NS2.HI/c1-14-12-13-7-10-5-3-2-4-9(10)6-11(13)8-15-12;/h2-5,11H,6-8H2,1H3;1H/q+1;/p-1/t11-;/m1./s1. The van der Waals surface area contributed by atoms with E-state index in [1.807, 2.05) is 23.5 Å². The van der Waals surface area contributed by atoms with Crippen LogP contribution in [0.3, 0.4) is 0 Å². The lowest BCUT2D eigenvalue weighted by molar-refractivity contribution is -0.572. The minimum atomic E-state index is 0. The van der Waals surface area contributed by atoms with E-state index in [9.17, 15) is 0 Å². The van der Waals surface area contributed by atoms with Crippen molar-refractivity contribution in [2.45, 2.75) is 19.0 Å². The molecule has 0 aromatic heterocycles. The molecule has 0 spiro atoms. The van der Waals surface area contributed by atoms with Crippen LogP contribution in [0.15, 0.2) is 24.3 Å². The van der Waals surface area contributed by atoms with Crippen molar-refractivity contribution in [3.05, 3.63) is 35.4 Å². The Hall–Kier alpha value is 0.320. The molecule has 2 heterocycles. The lowest BCUT2D eigenvalue weighted by atomic mass is 9.96. The van der Waals surface area contributed by atoms with Gasteiger partial charge in [-0.3, -0.25) is 0 Å². The summed E-state index contributed by atoms with van der Waals surface area (Å²) in [6.45, 7) is 1.12. The molecule has 0 unspecified atom stereocenters. The van der Waals surface area contributed by atoms with Crippen molar-refractivity contribution in [1.82, 2.24) is 0 Å². The Bertz CT molecular complexity index is 431. The van der Waals surface area contributed by atoms with Gasteiger partial charge < -0.3 is 24.0 Å². The first-order chi connectivity index (χ1) is 7.38. The lowest BCUT2D eigenvalue weighted by Gasteiger charge is -2.19. The number of benzene rings is 1. The van der Waals surface area contributed by atoms with Gasteiger partial charge >= 0.3 is 0 Å². The van der Waals surface area contributed by atoms with Gasteiger partial charge in [-0.05, 0) is 23.6 Å². The molecule has 1 aromatic rings. The van der Waals surface area contributed by atoms with Crippen LogP contribution in [0.25, 0.3) is 0 Å². The second kappa shape index (κ2) is 5.31. The monoisotopic (exact) mass is 363 g/mol. The van der Waals surface area contributed by atoms with Crippen LogP contribution in [-0.4, -0.2) is 27.0 Å². The van der Waals surface area contributed by atoms with Crippen LogP contribution in [0.2, 0.25) is 0 Å². The first kappa shape index (κ1) is 12.8. The molecule has 2 aliphatic rings. The fourth-order valence-corrected chi connectivity index (χ4v) is 4.51. The Labute approximate surface area is 122 Å². The number of thioether (sulfide) groups is 2. The smallest absolute Gasteiger partial charge is 0.270 e. The quantitative estimate of drug-likeness (QED) is 0.456. The predicted molar refractivity (Wildman–Crippen MR) is 68.9 cm³/mol. The molecule has 16 heavy (non-hydrogen) atoms. The molecule has 86 valence electrons. The largest absolute Gasteiger partial charge is 1.00 e. The van der Waals surface area contributed by atoms with E-state index in [1.165, 1.54) is 22.1 Å². The fraction of sp³-hybridized carbons (Fsp3) is 0.417. The average molecular weight is 363 g/mol. The second-order valence-electron chi connectivity index (χ2n) is 4.04. The highest BCUT2D eigenvalue weighted by molar-refractivity contribution is 8.38. The Kier molecular flexibility index (Phi) is 4.24. The van der Waals surface area contributed by atoms with Gasteiger partial charge in [0.05, 0.1) is 5.75 Å². The second-order valence-corrected chi connectivity index (χ2v) is 6.10. The SMILES string of the molecule is CSC1=[N+]2Cc3ccccc3C[C@@H]2CS1.[I-]. The summed E-state index contributed by atoms with van der Waals surface area (Å²) in [5.41, 5.74) is 3.07. The summed E-state index contributed by atoms with van der Waals surface area (Å²) in [7, 11) is 0. The van der Waals surface area contributed by atoms with Crippen LogP contribution in [0.1, 0.15) is 11.1 Å². The molecule has 3 rings (SSSR count). The molecule has 2 aliphatic heterocycles. The Morgan fingerprint density at radius 3 is 2.81 bits per heavy atom. The van der Waals surface area contributed by atoms with Gasteiger partial charge in [0.15, 0.2) is 12.6 Å². The topological polar surface area (TPSA) is 3.01 Å². The average Bonchev–Trinajstić information content (AvgIpc) is 2.68. The van der Waals surface area contributed by atoms with Crippen LogP contribution in [0.5, 0.6) is 0 Å². The van der Waals surface area contributed by atoms with Gasteiger partial charge in [-0.2, -0.15) is 0 Å². The number of hydrogen-bond donors (Lipinski definition) is 0. The van der Waals surface area contributed by atoms with E-state index < -0.39 is 0 Å². The number of halogens is 1. The molecule has 0 aliphatic carbocycles. The summed E-state index contributed by atoms with van der Waals surface area (Å²) < 4.78 is 4.09. The van der Waals surface area contributed by atoms with Crippen molar-refractivity contribution in [2.75, 3.05) is 12.0 Å². The summed E-state index contributed by atoms with van der Waals surface area (Å²) in [4.78, 5) is 0. The Morgan fingerprint density at radius 1 is 1.31 bits per heavy atom. The Balaban J connectivity index is 0.000000963. The Morgan fingerprint density at radius 2 is 2.06 bits per heavy atom. The van der Waals surface area contributed by atoms with Crippen molar-refractivity contribution >= 4 is 27.9 Å². The molecule has 0 radical (unpaired) electrons. The number of nitrogens with zero attached hydrogens (tertiary/aromatic N) is 1. The van der Waals surface area contributed by atoms with Gasteiger partial charge in [-0.25, -0.2) is 4.58 Å². The summed E-state index contributed by atoms with van der Waals surface area (Å²) in [5.74, 6) is 1.27. The molecule has 1 aromatic carbocycles. The van der Waals surface area contributed by atoms with Gasteiger partial charge in [-0.1, -0.05) is 36.0 Å². The molecular formula is C12H14INS2. The molecule has 0 saturated carbocycles. The van der Waals surface area contributed by atoms with Crippen molar-refractivity contribution < 1.29 is 28.6 Å². The van der Waals surface area contributed by atoms with Crippen LogP contribution < -0.4 is 24.0 Å². The normalized spacial score (nSPS) is 22.4. The molecule has 0 N–H and O–H groups in total. The highest BCUT2D eigenvalue weighted by Gasteiger charge is 2.37. The predicted octanol–water partition coefficient (Wildman–Crippen LogP) is -0.406. The minimum Gasteiger partial charge on any atom is -1.00 e. The lowest BCUT2D eigenvalue weighted by Crippen LogP contribution is -3.00. The van der Waals surface area contributed by atoms with Crippen LogP contribution in [0, 0.1) is 0 Å². The number of hydrogen-bond acceptors (Lipinski definition) is 2. The van der Waals surface area contributed by atoms with Crippen LogP contribution in [0.4, 0.5) is 0 Å². The molecule has 0 bridgehead atoms. The molecule has 1 nitrogen and oxygen atoms in total. The van der Waals surface area contributed by atoms with E-state index in [0.717, 1.165) is 12.6 Å². The summed E-state index contributed by atoms with van der Waals surface area (Å²) in [6, 6.07) is 9.62. The number of fused-ring (bicyclic) bond motifs is 2. The van der Waals surface area contributed by atoms with Gasteiger partial charge in [0.25, 0.3) is 4.38 Å². The molecule has 0 saturated heterocycles. The van der Waals surface area contributed by atoms with Crippen molar-refractivity contribution in [2.24, 2.45) is 0 Å². The third-order valence-electron chi connectivity index (χ3n) is 3.16. The van der Waals surface area contributed by atoms with Crippen molar-refractivity contribution in [3.63, 3.8) is 0 Å². The maximum absolute atomic E-state index is 2.58. The van der Waals surface area contributed by atoms with Crippen molar-refractivity contribution in [1.29, 1.82) is 0 Å². The van der Waals surface area contributed by atoms with Crippen LogP contribution in [-0.2, 0) is 13.0 Å². The van der Waals surface area contributed by atoms with Crippen LogP contribution >= 0.6 is 23.5 Å². The van der Waals surface area contributed by atoms with Gasteiger partial charge in [-0.15, -0.1) is 0 Å². The zero-order valence-corrected chi connectivity index (χ0v) is 12.9. The first-order valence-electron chi connectivity index (χ1n) is 5.25. The molecule has 0 amide bonds. The fourth-order valence-electron chi connectivity index (χ4n) is 2.38. The third kappa shape index (κ3) is 2.16. The van der Waals surface area contributed by atoms with E-state index in [-0.39, 0.29) is 24.0 Å². The maximum atomic E-state index is 2.58. The summed E-state index contributed by atoms with van der Waals surface area (Å²) in [6.07, 6.45) is 3.42. The van der Waals surface area contributed by atoms with E-state index in [4.69, 9.17) is 0 Å². The zero-order valence-electron chi connectivity index (χ0n) is 9.15. The van der Waals surface area contributed by atoms with E-state index in [0.29, 0.717) is 0 Å². The first-order valence-corrected chi connectivity index (χ1v) is 7.46. The zero-order chi connectivity index (χ0) is 10.3. The molecular weight excluding hydrogens is 349 g/mol. The molecule has 1 atom stereocenters. The van der Waals surface area contributed by atoms with Gasteiger partial charge in [0.1, 0.15) is 0 Å². The third-order valence-corrected chi connectivity index (χ3v) is 5.63.